The molecular weight excluding hydrogens is 218 g/mol. The third kappa shape index (κ3) is 3.47. The predicted molar refractivity (Wildman–Crippen MR) is 63.4 cm³/mol. The minimum atomic E-state index is 0.138. The van der Waals surface area contributed by atoms with Gasteiger partial charge in [0.05, 0.1) is 12.1 Å². The number of nitrogens with zero attached hydrogens (tertiary/aromatic N) is 3. The number of tetrazole rings is 1. The number of H-pyrrole nitrogens is 1. The molecule has 17 heavy (non-hydrogen) atoms. The third-order valence-corrected chi connectivity index (χ3v) is 3.21. The van der Waals surface area contributed by atoms with E-state index in [0.717, 1.165) is 31.7 Å². The fourth-order valence-electron chi connectivity index (χ4n) is 2.34. The minimum Gasteiger partial charge on any atom is -0.378 e. The number of hydrogen-bond donors (Lipinski definition) is 2. The van der Waals surface area contributed by atoms with E-state index < -0.39 is 0 Å². The molecule has 0 amide bonds. The highest BCUT2D eigenvalue weighted by Crippen LogP contribution is 2.20. The molecule has 1 aliphatic heterocycles. The fraction of sp³-hybridized carbons (Fsp3) is 0.909. The van der Waals surface area contributed by atoms with Gasteiger partial charge in [-0.25, -0.2) is 0 Å². The summed E-state index contributed by atoms with van der Waals surface area (Å²) >= 11 is 0. The van der Waals surface area contributed by atoms with Gasteiger partial charge in [-0.2, -0.15) is 5.21 Å². The van der Waals surface area contributed by atoms with Crippen LogP contribution in [0.2, 0.25) is 0 Å². The first-order chi connectivity index (χ1) is 8.29. The Balaban J connectivity index is 1.82. The van der Waals surface area contributed by atoms with Crippen LogP contribution in [-0.2, 0) is 4.74 Å². The van der Waals surface area contributed by atoms with Crippen LogP contribution >= 0.6 is 0 Å². The molecule has 1 aliphatic rings. The normalized spacial score (nSPS) is 26.9. The zero-order valence-electron chi connectivity index (χ0n) is 10.5. The van der Waals surface area contributed by atoms with Crippen LogP contribution < -0.4 is 5.32 Å². The molecule has 0 aliphatic carbocycles. The lowest BCUT2D eigenvalue weighted by atomic mass is 9.99. The lowest BCUT2D eigenvalue weighted by Crippen LogP contribution is -2.40. The van der Waals surface area contributed by atoms with E-state index in [0.29, 0.717) is 12.1 Å². The Hall–Kier alpha value is -1.01. The Bertz CT molecular complexity index is 314. The van der Waals surface area contributed by atoms with Crippen LogP contribution in [-0.4, -0.2) is 39.4 Å². The van der Waals surface area contributed by atoms with Gasteiger partial charge in [0.25, 0.3) is 0 Å². The van der Waals surface area contributed by atoms with Gasteiger partial charge in [-0.15, -0.1) is 10.2 Å². The van der Waals surface area contributed by atoms with Crippen LogP contribution in [0.1, 0.15) is 51.4 Å². The maximum atomic E-state index is 5.73. The van der Waals surface area contributed by atoms with Crippen molar-refractivity contribution in [1.29, 1.82) is 0 Å². The molecule has 2 heterocycles. The standard InChI is InChI=1S/C11H21N5O/c1-3-4-10-7-9(5-6-17-10)12-8(2)11-13-15-16-14-11/h8-10,12H,3-7H2,1-2H3,(H,13,14,15,16). The second-order valence-electron chi connectivity index (χ2n) is 4.66. The first kappa shape index (κ1) is 12.4. The molecule has 1 aromatic rings. The van der Waals surface area contributed by atoms with E-state index in [4.69, 9.17) is 4.74 Å². The van der Waals surface area contributed by atoms with E-state index >= 15 is 0 Å². The van der Waals surface area contributed by atoms with Gasteiger partial charge < -0.3 is 10.1 Å². The highest BCUT2D eigenvalue weighted by molar-refractivity contribution is 4.89. The average Bonchev–Trinajstić information content (AvgIpc) is 2.83. The van der Waals surface area contributed by atoms with E-state index in [1.165, 1.54) is 6.42 Å². The molecule has 0 spiro atoms. The van der Waals surface area contributed by atoms with Crippen molar-refractivity contribution in [3.8, 4) is 0 Å². The third-order valence-electron chi connectivity index (χ3n) is 3.21. The Morgan fingerprint density at radius 3 is 3.18 bits per heavy atom. The Morgan fingerprint density at radius 1 is 1.59 bits per heavy atom. The summed E-state index contributed by atoms with van der Waals surface area (Å²) in [6.07, 6.45) is 4.87. The molecule has 6 nitrogen and oxygen atoms in total. The van der Waals surface area contributed by atoms with Crippen molar-refractivity contribution in [2.45, 2.75) is 57.7 Å². The van der Waals surface area contributed by atoms with Gasteiger partial charge in [0.2, 0.25) is 0 Å². The average molecular weight is 239 g/mol. The quantitative estimate of drug-likeness (QED) is 0.807. The topological polar surface area (TPSA) is 75.7 Å². The van der Waals surface area contributed by atoms with Crippen LogP contribution in [0, 0.1) is 0 Å². The molecule has 2 rings (SSSR count). The summed E-state index contributed by atoms with van der Waals surface area (Å²) in [6, 6.07) is 0.632. The molecule has 0 radical (unpaired) electrons. The maximum Gasteiger partial charge on any atom is 0.191 e. The maximum absolute atomic E-state index is 5.73. The number of aromatic amines is 1. The highest BCUT2D eigenvalue weighted by atomic mass is 16.5. The first-order valence-corrected chi connectivity index (χ1v) is 6.40. The summed E-state index contributed by atoms with van der Waals surface area (Å²) in [5.41, 5.74) is 0. The number of aromatic nitrogens is 4. The van der Waals surface area contributed by atoms with E-state index in [9.17, 15) is 0 Å². The lowest BCUT2D eigenvalue weighted by molar-refractivity contribution is -0.00488. The lowest BCUT2D eigenvalue weighted by Gasteiger charge is -2.31. The monoisotopic (exact) mass is 239 g/mol. The zero-order chi connectivity index (χ0) is 12.1. The van der Waals surface area contributed by atoms with E-state index in [2.05, 4.69) is 39.8 Å². The molecule has 1 saturated heterocycles. The van der Waals surface area contributed by atoms with E-state index in [1.54, 1.807) is 0 Å². The molecule has 96 valence electrons. The smallest absolute Gasteiger partial charge is 0.191 e. The molecule has 1 fully saturated rings. The molecule has 6 heteroatoms. The fourth-order valence-corrected chi connectivity index (χ4v) is 2.34. The summed E-state index contributed by atoms with van der Waals surface area (Å²) in [7, 11) is 0. The zero-order valence-corrected chi connectivity index (χ0v) is 10.5. The molecule has 3 unspecified atom stereocenters. The van der Waals surface area contributed by atoms with Crippen LogP contribution in [0.3, 0.4) is 0 Å². The summed E-state index contributed by atoms with van der Waals surface area (Å²) in [5, 5.41) is 17.6. The highest BCUT2D eigenvalue weighted by Gasteiger charge is 2.24. The second kappa shape index (κ2) is 6.07. The predicted octanol–water partition coefficient (Wildman–Crippen LogP) is 1.20. The van der Waals surface area contributed by atoms with Crippen molar-refractivity contribution in [2.24, 2.45) is 0 Å². The SMILES string of the molecule is CCCC1CC(NC(C)c2nn[nH]n2)CCO1. The molecule has 0 bridgehead atoms. The van der Waals surface area contributed by atoms with Crippen LogP contribution in [0.4, 0.5) is 0 Å². The number of nitrogens with one attached hydrogen (secondary N) is 2. The number of rotatable bonds is 5. The van der Waals surface area contributed by atoms with Crippen molar-refractivity contribution in [2.75, 3.05) is 6.61 Å². The van der Waals surface area contributed by atoms with E-state index in [1.807, 2.05) is 0 Å². The Labute approximate surface area is 102 Å². The summed E-state index contributed by atoms with van der Waals surface area (Å²) in [6.45, 7) is 5.11. The minimum absolute atomic E-state index is 0.138. The number of ether oxygens (including phenoxy) is 1. The molecule has 3 atom stereocenters. The van der Waals surface area contributed by atoms with Gasteiger partial charge in [-0.05, 0) is 26.2 Å². The summed E-state index contributed by atoms with van der Waals surface area (Å²) in [4.78, 5) is 0. The van der Waals surface area contributed by atoms with Gasteiger partial charge in [0.1, 0.15) is 0 Å². The van der Waals surface area contributed by atoms with Crippen LogP contribution in [0.25, 0.3) is 0 Å². The first-order valence-electron chi connectivity index (χ1n) is 6.40. The van der Waals surface area contributed by atoms with Gasteiger partial charge >= 0.3 is 0 Å². The molecule has 2 N–H and O–H groups in total. The second-order valence-corrected chi connectivity index (χ2v) is 4.66. The molecule has 1 aromatic heterocycles. The van der Waals surface area contributed by atoms with E-state index in [-0.39, 0.29) is 6.04 Å². The van der Waals surface area contributed by atoms with Crippen molar-refractivity contribution in [3.05, 3.63) is 5.82 Å². The van der Waals surface area contributed by atoms with Gasteiger partial charge in [-0.1, -0.05) is 18.6 Å². The van der Waals surface area contributed by atoms with Gasteiger partial charge in [0, 0.05) is 12.6 Å². The molecular formula is C11H21N5O. The molecule has 0 saturated carbocycles. The van der Waals surface area contributed by atoms with Crippen molar-refractivity contribution < 1.29 is 4.74 Å². The van der Waals surface area contributed by atoms with Crippen LogP contribution in [0.5, 0.6) is 0 Å². The largest absolute Gasteiger partial charge is 0.378 e. The molecule has 0 aromatic carbocycles. The number of hydrogen-bond acceptors (Lipinski definition) is 5. The Morgan fingerprint density at radius 2 is 2.47 bits per heavy atom. The Kier molecular flexibility index (Phi) is 4.44. The van der Waals surface area contributed by atoms with Gasteiger partial charge in [-0.3, -0.25) is 0 Å². The summed E-state index contributed by atoms with van der Waals surface area (Å²) < 4.78 is 5.73. The van der Waals surface area contributed by atoms with Gasteiger partial charge in [0.15, 0.2) is 5.82 Å². The van der Waals surface area contributed by atoms with Crippen molar-refractivity contribution in [3.63, 3.8) is 0 Å². The van der Waals surface area contributed by atoms with Crippen LogP contribution in [0.15, 0.2) is 0 Å². The summed E-state index contributed by atoms with van der Waals surface area (Å²) in [5.74, 6) is 0.725. The van der Waals surface area contributed by atoms with Crippen molar-refractivity contribution >= 4 is 0 Å². The van der Waals surface area contributed by atoms with Crippen molar-refractivity contribution in [1.82, 2.24) is 25.9 Å².